The number of amides is 12. The summed E-state index contributed by atoms with van der Waals surface area (Å²) in [6.07, 6.45) is 2.94. The summed E-state index contributed by atoms with van der Waals surface area (Å²) in [5.41, 5.74) is 96.2. The normalized spacial score (nSPS) is 13.6. The molecule has 1 aromatic rings. The molecule has 0 bridgehead atoms. The highest BCUT2D eigenvalue weighted by atomic mass is 16.4. The van der Waals surface area contributed by atoms with Gasteiger partial charge in [-0.3, -0.25) is 87.5 Å². The fraction of sp³-hybridized carbons (Fsp3) is 0.672. The number of carbonyl (C=O) groups is 13. The number of aromatic nitrogens is 2. The van der Waals surface area contributed by atoms with Crippen LogP contribution in [0.4, 0.5) is 0 Å². The first-order valence-corrected chi connectivity index (χ1v) is 38.5. The number of carboxylic acid groups (broad SMARTS) is 1. The Kier molecular flexibility index (Phi) is 52.2. The molecular formula is C67H128N36O14. The Balaban J connectivity index is 3.94. The highest BCUT2D eigenvalue weighted by molar-refractivity contribution is 5.99. The number of nitrogens with two attached hydrogens (primary N) is 17. The van der Waals surface area contributed by atoms with Crippen LogP contribution in [0, 0.1) is 0 Å². The predicted octanol–water partition coefficient (Wildman–Crippen LogP) is -12.7. The van der Waals surface area contributed by atoms with E-state index in [1.807, 2.05) is 0 Å². The zero-order valence-electron chi connectivity index (χ0n) is 66.2. The first kappa shape index (κ1) is 103. The number of nitrogens with one attached hydrogen (secondary N) is 12. The highest BCUT2D eigenvalue weighted by Gasteiger charge is 2.36. The number of unbranched alkanes of at least 4 members (excludes halogenated alkanes) is 3. The molecule has 0 unspecified atom stereocenters. The summed E-state index contributed by atoms with van der Waals surface area (Å²) in [4.78, 5) is 213. The van der Waals surface area contributed by atoms with Crippen LogP contribution in [0.5, 0.6) is 0 Å². The maximum Gasteiger partial charge on any atom is 0.326 e. The van der Waals surface area contributed by atoms with E-state index in [-0.39, 0.29) is 197 Å². The topological polar surface area (TPSA) is 920 Å². The lowest BCUT2D eigenvalue weighted by Gasteiger charge is -2.28. The van der Waals surface area contributed by atoms with Gasteiger partial charge in [-0.2, -0.15) is 0 Å². The minimum Gasteiger partial charge on any atom is -0.480 e. The van der Waals surface area contributed by atoms with Crippen LogP contribution in [0.25, 0.3) is 0 Å². The van der Waals surface area contributed by atoms with Gasteiger partial charge in [0.25, 0.3) is 0 Å². The standard InChI is InChI=1S/C67H128N36O14/c68-24-4-1-14-40(53(108)103-48(61(116)117)33-37-34-85-36-93-37)94-50(105)35-92-52(107)39(17-8-28-87-63(75)76)96-56(111)43(18-9-29-88-64(77)78)99-58(113)45(20-11-31-90-66(81)82)101-60(115)47(22-23-49(72)104)102-59(114)46(21-12-32-91-67(83)84)100-57(112)44(19-10-30-89-65(79)80)98-55(110)42(16-3-6-26-70)97-54(109)41(15-2-5-25-69)95-51(106)38(71)13-7-27-86-62(73)74/h34,36,38-48H,1-33,35,68-71H2,(H2,72,104)(H,85,93)(H,92,107)(H,94,105)(H,95,106)(H,96,111)(H,97,109)(H,98,110)(H,99,113)(H,100,112)(H,101,115)(H,102,114)(H,103,108)(H,116,117)(H4,73,74,86)(H4,75,76,87)(H4,77,78,88)(H4,79,80,89)(H4,81,82,90)(H4,83,84,91)/t38-,39-,40-,41-,42-,43-,44-,45-,46-,47-,48-/m0/s1. The molecule has 50 heteroatoms. The molecule has 0 aromatic carbocycles. The van der Waals surface area contributed by atoms with E-state index in [9.17, 15) is 67.4 Å². The van der Waals surface area contributed by atoms with E-state index in [4.69, 9.17) is 97.5 Å². The predicted molar refractivity (Wildman–Crippen MR) is 437 cm³/mol. The summed E-state index contributed by atoms with van der Waals surface area (Å²) in [5.74, 6) is -14.4. The number of carbonyl (C=O) groups excluding carboxylic acids is 12. The average Bonchev–Trinajstić information content (AvgIpc) is 0.943. The number of H-pyrrole nitrogens is 1. The molecule has 1 aromatic heterocycles. The molecule has 12 amide bonds. The second-order valence-corrected chi connectivity index (χ2v) is 27.2. The van der Waals surface area contributed by atoms with E-state index in [1.165, 1.54) is 12.5 Å². The molecule has 0 radical (unpaired) electrons. The Bertz CT molecular complexity index is 3450. The van der Waals surface area contributed by atoms with Gasteiger partial charge >= 0.3 is 5.97 Å². The van der Waals surface area contributed by atoms with Crippen LogP contribution < -0.4 is 156 Å². The van der Waals surface area contributed by atoms with E-state index < -0.39 is 163 Å². The molecule has 0 spiro atoms. The third kappa shape index (κ3) is 47.9. The van der Waals surface area contributed by atoms with E-state index in [0.717, 1.165) is 0 Å². The Morgan fingerprint density at radius 2 is 0.590 bits per heavy atom. The molecule has 1 heterocycles. The Morgan fingerprint density at radius 3 is 0.855 bits per heavy atom. The van der Waals surface area contributed by atoms with Gasteiger partial charge < -0.3 is 166 Å². The quantitative estimate of drug-likeness (QED) is 0.0164. The molecule has 660 valence electrons. The van der Waals surface area contributed by atoms with Gasteiger partial charge in [-0.25, -0.2) is 9.78 Å². The molecule has 0 aliphatic rings. The van der Waals surface area contributed by atoms with Crippen molar-refractivity contribution in [3.05, 3.63) is 18.2 Å². The summed E-state index contributed by atoms with van der Waals surface area (Å²) in [6.45, 7) is -0.391. The van der Waals surface area contributed by atoms with Gasteiger partial charge in [0.1, 0.15) is 60.4 Å². The van der Waals surface area contributed by atoms with Crippen LogP contribution in [-0.2, 0) is 68.7 Å². The van der Waals surface area contributed by atoms with Gasteiger partial charge in [-0.15, -0.1) is 0 Å². The molecular weight excluding hydrogens is 1530 g/mol. The zero-order chi connectivity index (χ0) is 87.8. The van der Waals surface area contributed by atoms with Crippen molar-refractivity contribution >= 4 is 113 Å². The maximum atomic E-state index is 14.9. The number of aromatic amines is 1. The molecule has 117 heavy (non-hydrogen) atoms. The molecule has 47 N–H and O–H groups in total. The van der Waals surface area contributed by atoms with Crippen LogP contribution in [-0.4, -0.2) is 260 Å². The maximum absolute atomic E-state index is 14.9. The Hall–Kier alpha value is -12.2. The van der Waals surface area contributed by atoms with Crippen LogP contribution in [0.3, 0.4) is 0 Å². The van der Waals surface area contributed by atoms with Crippen molar-refractivity contribution in [2.24, 2.45) is 127 Å². The van der Waals surface area contributed by atoms with Crippen molar-refractivity contribution < 1.29 is 67.4 Å². The zero-order valence-corrected chi connectivity index (χ0v) is 66.2. The van der Waals surface area contributed by atoms with E-state index in [1.54, 1.807) is 0 Å². The lowest BCUT2D eigenvalue weighted by Crippen LogP contribution is -2.60. The molecule has 0 saturated heterocycles. The fourth-order valence-corrected chi connectivity index (χ4v) is 11.2. The van der Waals surface area contributed by atoms with Crippen molar-refractivity contribution in [2.45, 2.75) is 221 Å². The number of aliphatic imine (C=N–C) groups is 6. The number of hydrogen-bond acceptors (Lipinski definition) is 24. The lowest BCUT2D eigenvalue weighted by molar-refractivity contribution is -0.142. The van der Waals surface area contributed by atoms with E-state index in [2.05, 4.69) is 98.4 Å². The van der Waals surface area contributed by atoms with Gasteiger partial charge in [0.05, 0.1) is 18.9 Å². The number of hydrogen-bond donors (Lipinski definition) is 30. The first-order chi connectivity index (χ1) is 55.5. The summed E-state index contributed by atoms with van der Waals surface area (Å²) >= 11 is 0. The molecule has 0 saturated carbocycles. The lowest BCUT2D eigenvalue weighted by atomic mass is 10.0. The van der Waals surface area contributed by atoms with Crippen LogP contribution in [0.2, 0.25) is 0 Å². The van der Waals surface area contributed by atoms with Crippen molar-refractivity contribution in [1.29, 1.82) is 0 Å². The fourth-order valence-electron chi connectivity index (χ4n) is 11.2. The average molecular weight is 1660 g/mol. The molecule has 1 rings (SSSR count). The Labute approximate surface area is 677 Å². The number of nitrogens with zero attached hydrogens (tertiary/aromatic N) is 7. The molecule has 0 aliphatic carbocycles. The van der Waals surface area contributed by atoms with E-state index in [0.29, 0.717) is 44.2 Å². The number of imidazole rings is 1. The van der Waals surface area contributed by atoms with Crippen molar-refractivity contribution in [3.8, 4) is 0 Å². The third-order valence-corrected chi connectivity index (χ3v) is 17.3. The van der Waals surface area contributed by atoms with Crippen LogP contribution in [0.1, 0.15) is 153 Å². The second kappa shape index (κ2) is 59.5. The smallest absolute Gasteiger partial charge is 0.326 e. The summed E-state index contributed by atoms with van der Waals surface area (Å²) < 4.78 is 0. The SMILES string of the molecule is NCCCC[C@H](NC(=O)CNC(=O)[C@H](CCCN=C(N)N)NC(=O)[C@H](CCCN=C(N)N)NC(=O)[C@H](CCCN=C(N)N)NC(=O)[C@H](CCC(N)=O)NC(=O)[C@H](CCCN=C(N)N)NC(=O)[C@H](CCCN=C(N)N)NC(=O)[C@H](CCCCN)NC(=O)[C@H](CCCCN)NC(=O)[C@@H](N)CCCN=C(N)N)C(=O)N[C@@H](Cc1cnc[nH]1)C(=O)O. The number of carboxylic acids is 1. The molecule has 0 fully saturated rings. The summed E-state index contributed by atoms with van der Waals surface area (Å²) in [5, 5.41) is 38.2. The molecule has 50 nitrogen and oxygen atoms in total. The van der Waals surface area contributed by atoms with Crippen LogP contribution in [0.15, 0.2) is 42.5 Å². The van der Waals surface area contributed by atoms with Crippen molar-refractivity contribution in [2.75, 3.05) is 65.4 Å². The second-order valence-electron chi connectivity index (χ2n) is 27.2. The van der Waals surface area contributed by atoms with Crippen molar-refractivity contribution in [1.82, 2.24) is 68.5 Å². The van der Waals surface area contributed by atoms with Crippen LogP contribution >= 0.6 is 0 Å². The van der Waals surface area contributed by atoms with Crippen molar-refractivity contribution in [3.63, 3.8) is 0 Å². The van der Waals surface area contributed by atoms with Gasteiger partial charge in [0, 0.05) is 64.0 Å². The Morgan fingerprint density at radius 1 is 0.333 bits per heavy atom. The summed E-state index contributed by atoms with van der Waals surface area (Å²) in [7, 11) is 0. The third-order valence-electron chi connectivity index (χ3n) is 17.3. The largest absolute Gasteiger partial charge is 0.480 e. The van der Waals surface area contributed by atoms with Gasteiger partial charge in [0.2, 0.25) is 70.9 Å². The number of rotatable bonds is 64. The van der Waals surface area contributed by atoms with E-state index >= 15 is 0 Å². The minimum absolute atomic E-state index is 0.00865. The van der Waals surface area contributed by atoms with Gasteiger partial charge in [-0.1, -0.05) is 0 Å². The molecule has 0 aliphatic heterocycles. The molecule has 11 atom stereocenters. The highest BCUT2D eigenvalue weighted by Crippen LogP contribution is 2.14. The summed E-state index contributed by atoms with van der Waals surface area (Å²) in [6, 6.07) is -16.1. The van der Waals surface area contributed by atoms with Gasteiger partial charge in [-0.05, 0) is 161 Å². The minimum atomic E-state index is -1.76. The number of primary amides is 1. The monoisotopic (exact) mass is 1660 g/mol. The van der Waals surface area contributed by atoms with Gasteiger partial charge in [0.15, 0.2) is 35.8 Å². The number of aliphatic carboxylic acids is 1. The number of guanidine groups is 6. The first-order valence-electron chi connectivity index (χ1n) is 38.5.